The first-order valence-electron chi connectivity index (χ1n) is 15.7. The van der Waals surface area contributed by atoms with Gasteiger partial charge in [0.25, 0.3) is 6.43 Å². The number of aromatic nitrogens is 2. The van der Waals surface area contributed by atoms with Gasteiger partial charge in [-0.2, -0.15) is 15.2 Å². The Balaban J connectivity index is 1.32. The summed E-state index contributed by atoms with van der Waals surface area (Å²) in [7, 11) is 2.11. The minimum atomic E-state index is -2.71. The van der Waals surface area contributed by atoms with E-state index in [1.54, 1.807) is 0 Å². The Labute approximate surface area is 262 Å². The van der Waals surface area contributed by atoms with Crippen LogP contribution in [0, 0.1) is 18.3 Å². The topological polar surface area (TPSA) is 88.8 Å². The maximum Gasteiger partial charge on any atom is 0.318 e. The average Bonchev–Trinajstić information content (AvgIpc) is 3.46. The molecule has 0 N–H and O–H groups in total. The van der Waals surface area contributed by atoms with Crippen LogP contribution in [0.4, 0.5) is 20.3 Å². The number of nitrogens with zero attached hydrogens (tertiary/aromatic N) is 7. The highest BCUT2D eigenvalue weighted by molar-refractivity contribution is 5.97. The maximum atomic E-state index is 12.8. The molecule has 2 saturated heterocycles. The molecule has 2 atom stereocenters. The van der Waals surface area contributed by atoms with Crippen LogP contribution in [0.2, 0.25) is 0 Å². The van der Waals surface area contributed by atoms with Gasteiger partial charge in [-0.05, 0) is 62.9 Å². The zero-order valence-electron chi connectivity index (χ0n) is 25.8. The summed E-state index contributed by atoms with van der Waals surface area (Å²) in [4.78, 5) is 31.0. The number of amides is 1. The first kappa shape index (κ1) is 30.7. The minimum Gasteiger partial charge on any atom is -0.462 e. The number of anilines is 2. The van der Waals surface area contributed by atoms with Gasteiger partial charge >= 0.3 is 6.01 Å². The molecule has 11 heteroatoms. The lowest BCUT2D eigenvalue weighted by molar-refractivity contribution is -0.128. The number of alkyl halides is 2. The van der Waals surface area contributed by atoms with Crippen molar-refractivity contribution in [3.63, 3.8) is 0 Å². The van der Waals surface area contributed by atoms with E-state index in [2.05, 4.69) is 71.1 Å². The van der Waals surface area contributed by atoms with E-state index in [-0.39, 0.29) is 6.42 Å². The van der Waals surface area contributed by atoms with Gasteiger partial charge in [0, 0.05) is 54.9 Å². The van der Waals surface area contributed by atoms with E-state index < -0.39 is 18.4 Å². The second-order valence-electron chi connectivity index (χ2n) is 12.2. The molecule has 0 radical (unpaired) electrons. The highest BCUT2D eigenvalue weighted by atomic mass is 19.3. The van der Waals surface area contributed by atoms with E-state index in [4.69, 9.17) is 14.7 Å². The number of carbonyl (C=O) groups is 1. The molecular weight excluding hydrogens is 576 g/mol. The SMILES string of the molecule is Cc1cccc2cccc(N3CCc4c(nc(OC[C@@H]5CCCN5C)nc4N4CCN(C(=O)/C=C/C(F)F)[C@@H](CC#N)C4)C3)c12. The number of hydrogen-bond acceptors (Lipinski definition) is 8. The van der Waals surface area contributed by atoms with Gasteiger partial charge in [0.05, 0.1) is 30.8 Å². The van der Waals surface area contributed by atoms with Crippen LogP contribution < -0.4 is 14.5 Å². The molecule has 0 saturated carbocycles. The van der Waals surface area contributed by atoms with E-state index in [0.29, 0.717) is 50.9 Å². The highest BCUT2D eigenvalue weighted by Crippen LogP contribution is 2.36. The number of ether oxygens (including phenoxy) is 1. The van der Waals surface area contributed by atoms with Gasteiger partial charge in [-0.1, -0.05) is 30.3 Å². The van der Waals surface area contributed by atoms with E-state index in [1.165, 1.54) is 26.9 Å². The summed E-state index contributed by atoms with van der Waals surface area (Å²) in [5, 5.41) is 12.0. The molecule has 1 aromatic heterocycles. The molecule has 236 valence electrons. The summed E-state index contributed by atoms with van der Waals surface area (Å²) in [6.07, 6.45) is 1.79. The van der Waals surface area contributed by atoms with Crippen LogP contribution >= 0.6 is 0 Å². The van der Waals surface area contributed by atoms with Crippen molar-refractivity contribution in [1.82, 2.24) is 19.8 Å². The van der Waals surface area contributed by atoms with E-state index in [1.807, 2.05) is 0 Å². The Morgan fingerprint density at radius 3 is 2.69 bits per heavy atom. The second-order valence-corrected chi connectivity index (χ2v) is 12.2. The monoisotopic (exact) mass is 615 g/mol. The maximum absolute atomic E-state index is 12.8. The molecule has 0 bridgehead atoms. The normalized spacial score (nSPS) is 20.7. The molecule has 0 spiro atoms. The molecule has 4 heterocycles. The predicted molar refractivity (Wildman–Crippen MR) is 170 cm³/mol. The van der Waals surface area contributed by atoms with Gasteiger partial charge < -0.3 is 24.3 Å². The molecule has 9 nitrogen and oxygen atoms in total. The summed E-state index contributed by atoms with van der Waals surface area (Å²) in [5.41, 5.74) is 4.34. The van der Waals surface area contributed by atoms with Crippen molar-refractivity contribution in [2.75, 3.05) is 56.2 Å². The smallest absolute Gasteiger partial charge is 0.318 e. The molecule has 3 aliphatic rings. The molecule has 45 heavy (non-hydrogen) atoms. The zero-order chi connectivity index (χ0) is 31.5. The van der Waals surface area contributed by atoms with Crippen molar-refractivity contribution in [3.8, 4) is 12.1 Å². The van der Waals surface area contributed by atoms with Crippen LogP contribution in [-0.4, -0.2) is 90.6 Å². The Bertz CT molecular complexity index is 1620. The van der Waals surface area contributed by atoms with Crippen molar-refractivity contribution in [1.29, 1.82) is 5.26 Å². The molecule has 0 unspecified atom stereocenters. The van der Waals surface area contributed by atoms with Gasteiger partial charge in [-0.3, -0.25) is 4.79 Å². The fourth-order valence-electron chi connectivity index (χ4n) is 6.92. The molecule has 0 aliphatic carbocycles. The number of likely N-dealkylation sites (tertiary alicyclic amines) is 1. The fraction of sp³-hybridized carbons (Fsp3) is 0.471. The van der Waals surface area contributed by atoms with E-state index in [0.717, 1.165) is 55.5 Å². The summed E-state index contributed by atoms with van der Waals surface area (Å²) < 4.78 is 31.8. The average molecular weight is 616 g/mol. The predicted octanol–water partition coefficient (Wildman–Crippen LogP) is 4.73. The Morgan fingerprint density at radius 1 is 1.11 bits per heavy atom. The number of halogens is 2. The summed E-state index contributed by atoms with van der Waals surface area (Å²) in [6, 6.07) is 15.1. The largest absolute Gasteiger partial charge is 0.462 e. The van der Waals surface area contributed by atoms with Crippen molar-refractivity contribution < 1.29 is 18.3 Å². The van der Waals surface area contributed by atoms with E-state index >= 15 is 0 Å². The van der Waals surface area contributed by atoms with Crippen LogP contribution in [0.5, 0.6) is 6.01 Å². The van der Waals surface area contributed by atoms with Gasteiger partial charge in [0.15, 0.2) is 0 Å². The van der Waals surface area contributed by atoms with Crippen LogP contribution in [0.25, 0.3) is 10.8 Å². The third kappa shape index (κ3) is 6.57. The summed E-state index contributed by atoms with van der Waals surface area (Å²) in [5.74, 6) is 0.257. The molecule has 3 aromatic rings. The fourth-order valence-corrected chi connectivity index (χ4v) is 6.92. The third-order valence-corrected chi connectivity index (χ3v) is 9.31. The lowest BCUT2D eigenvalue weighted by Gasteiger charge is -2.42. The van der Waals surface area contributed by atoms with Crippen molar-refractivity contribution in [2.45, 2.75) is 57.7 Å². The summed E-state index contributed by atoms with van der Waals surface area (Å²) in [6.45, 7) is 6.16. The van der Waals surface area contributed by atoms with Crippen LogP contribution in [0.15, 0.2) is 48.6 Å². The van der Waals surface area contributed by atoms with E-state index in [9.17, 15) is 18.8 Å². The molecule has 3 aliphatic heterocycles. The van der Waals surface area contributed by atoms with Crippen molar-refractivity contribution in [3.05, 3.63) is 65.4 Å². The zero-order valence-corrected chi connectivity index (χ0v) is 25.8. The number of allylic oxidation sites excluding steroid dienone is 1. The van der Waals surface area contributed by atoms with Crippen molar-refractivity contribution in [2.24, 2.45) is 0 Å². The number of benzene rings is 2. The highest BCUT2D eigenvalue weighted by Gasteiger charge is 2.34. The summed E-state index contributed by atoms with van der Waals surface area (Å²) >= 11 is 0. The molecule has 2 fully saturated rings. The first-order valence-corrected chi connectivity index (χ1v) is 15.7. The minimum absolute atomic E-state index is 0.0869. The quantitative estimate of drug-likeness (QED) is 0.337. The van der Waals surface area contributed by atoms with Crippen LogP contribution in [-0.2, 0) is 17.8 Å². The number of piperazine rings is 1. The number of fused-ring (bicyclic) bond motifs is 2. The van der Waals surface area contributed by atoms with Crippen molar-refractivity contribution >= 4 is 28.2 Å². The molecular formula is C34H39F2N7O2. The van der Waals surface area contributed by atoms with Gasteiger partial charge in [0.1, 0.15) is 12.4 Å². The standard InChI is InChI=1S/C34H39F2N7O2/c1-23-6-3-7-24-8-4-10-29(32(23)24)41-17-14-27-28(21-41)38-34(45-22-26-9-5-16-40(26)2)39-33(27)42-18-19-43(25(20-42)13-15-37)31(44)12-11-30(35)36/h3-4,6-8,10-12,25-26,30H,5,9,13-14,16-22H2,1-2H3/b12-11+/t25-,26-/m0/s1. The Hall–Kier alpha value is -4.30. The lowest BCUT2D eigenvalue weighted by atomic mass is 9.99. The number of rotatable bonds is 8. The van der Waals surface area contributed by atoms with Gasteiger partial charge in [-0.25, -0.2) is 8.78 Å². The second kappa shape index (κ2) is 13.4. The number of aryl methyl sites for hydroxylation is 1. The third-order valence-electron chi connectivity index (χ3n) is 9.31. The first-order chi connectivity index (χ1) is 21.8. The lowest BCUT2D eigenvalue weighted by Crippen LogP contribution is -2.55. The molecule has 1 amide bonds. The number of likely N-dealkylation sites (N-methyl/N-ethyl adjacent to an activating group) is 1. The number of nitriles is 1. The Morgan fingerprint density at radius 2 is 1.93 bits per heavy atom. The molecule has 2 aromatic carbocycles. The van der Waals surface area contributed by atoms with Gasteiger partial charge in [0.2, 0.25) is 5.91 Å². The number of carbonyl (C=O) groups excluding carboxylic acids is 1. The van der Waals surface area contributed by atoms with Crippen LogP contribution in [0.3, 0.4) is 0 Å². The van der Waals surface area contributed by atoms with Gasteiger partial charge in [-0.15, -0.1) is 0 Å². The molecule has 6 rings (SSSR count). The number of hydrogen-bond donors (Lipinski definition) is 0. The van der Waals surface area contributed by atoms with Crippen LogP contribution in [0.1, 0.15) is 36.1 Å². The Kier molecular flexibility index (Phi) is 9.12.